The SMILES string of the molecule is CCCCCCCCCCCCCCCCn1c(CCC)nc2ccccc21. The third-order valence-electron chi connectivity index (χ3n) is 5.94. The summed E-state index contributed by atoms with van der Waals surface area (Å²) in [6, 6.07) is 8.62. The summed E-state index contributed by atoms with van der Waals surface area (Å²) in [6.07, 6.45) is 22.1. The monoisotopic (exact) mass is 384 g/mol. The van der Waals surface area contributed by atoms with Crippen LogP contribution >= 0.6 is 0 Å². The summed E-state index contributed by atoms with van der Waals surface area (Å²) in [4.78, 5) is 4.85. The highest BCUT2D eigenvalue weighted by Gasteiger charge is 2.08. The molecule has 158 valence electrons. The van der Waals surface area contributed by atoms with Gasteiger partial charge >= 0.3 is 0 Å². The highest BCUT2D eigenvalue weighted by molar-refractivity contribution is 5.75. The standard InChI is InChI=1S/C26H44N2/c1-3-5-6-7-8-9-10-11-12-13-14-15-16-19-23-28-25-22-18-17-21-24(25)27-26(28)20-4-2/h17-18,21-22H,3-16,19-20,23H2,1-2H3. The molecule has 28 heavy (non-hydrogen) atoms. The maximum absolute atomic E-state index is 4.85. The van der Waals surface area contributed by atoms with E-state index in [0.717, 1.165) is 18.5 Å². The van der Waals surface area contributed by atoms with Gasteiger partial charge in [0.2, 0.25) is 0 Å². The van der Waals surface area contributed by atoms with E-state index in [1.54, 1.807) is 0 Å². The molecule has 2 rings (SSSR count). The predicted molar refractivity (Wildman–Crippen MR) is 124 cm³/mol. The van der Waals surface area contributed by atoms with Crippen LogP contribution in [0.25, 0.3) is 11.0 Å². The predicted octanol–water partition coefficient (Wildman–Crippen LogP) is 8.47. The van der Waals surface area contributed by atoms with E-state index < -0.39 is 0 Å². The second-order valence-electron chi connectivity index (χ2n) is 8.51. The van der Waals surface area contributed by atoms with Crippen LogP contribution in [0.1, 0.15) is 116 Å². The Morgan fingerprint density at radius 2 is 1.18 bits per heavy atom. The minimum absolute atomic E-state index is 1.09. The molecule has 0 saturated heterocycles. The Labute approximate surface area is 174 Å². The van der Waals surface area contributed by atoms with Crippen molar-refractivity contribution in [3.8, 4) is 0 Å². The summed E-state index contributed by atoms with van der Waals surface area (Å²) in [5.74, 6) is 1.28. The summed E-state index contributed by atoms with van der Waals surface area (Å²) in [7, 11) is 0. The highest BCUT2D eigenvalue weighted by Crippen LogP contribution is 2.19. The number of aryl methyl sites for hydroxylation is 2. The number of hydrogen-bond donors (Lipinski definition) is 0. The average Bonchev–Trinajstić information content (AvgIpc) is 3.06. The maximum atomic E-state index is 4.85. The molecule has 0 amide bonds. The number of para-hydroxylation sites is 2. The topological polar surface area (TPSA) is 17.8 Å². The smallest absolute Gasteiger partial charge is 0.109 e. The van der Waals surface area contributed by atoms with Gasteiger partial charge in [0.05, 0.1) is 11.0 Å². The second kappa shape index (κ2) is 14.7. The summed E-state index contributed by atoms with van der Waals surface area (Å²) >= 11 is 0. The fourth-order valence-corrected chi connectivity index (χ4v) is 4.25. The Kier molecular flexibility index (Phi) is 12.0. The van der Waals surface area contributed by atoms with Gasteiger partial charge in [-0.2, -0.15) is 0 Å². The van der Waals surface area contributed by atoms with Gasteiger partial charge in [-0.15, -0.1) is 0 Å². The van der Waals surface area contributed by atoms with Crippen LogP contribution in [-0.4, -0.2) is 9.55 Å². The first-order valence-corrected chi connectivity index (χ1v) is 12.3. The molecule has 0 fully saturated rings. The number of imidazole rings is 1. The quantitative estimate of drug-likeness (QED) is 0.250. The lowest BCUT2D eigenvalue weighted by molar-refractivity contribution is 0.522. The molecule has 0 atom stereocenters. The number of hydrogen-bond acceptors (Lipinski definition) is 1. The van der Waals surface area contributed by atoms with Gasteiger partial charge in [0.15, 0.2) is 0 Å². The third kappa shape index (κ3) is 8.37. The highest BCUT2D eigenvalue weighted by atomic mass is 15.1. The van der Waals surface area contributed by atoms with Crippen molar-refractivity contribution < 1.29 is 0 Å². The van der Waals surface area contributed by atoms with Gasteiger partial charge in [-0.05, 0) is 25.0 Å². The van der Waals surface area contributed by atoms with Crippen LogP contribution in [0.4, 0.5) is 0 Å². The minimum Gasteiger partial charge on any atom is -0.328 e. The van der Waals surface area contributed by atoms with Crippen LogP contribution in [0.2, 0.25) is 0 Å². The molecule has 0 aliphatic rings. The molecule has 0 unspecified atom stereocenters. The fourth-order valence-electron chi connectivity index (χ4n) is 4.25. The Hall–Kier alpha value is -1.31. The molecule has 0 aliphatic heterocycles. The van der Waals surface area contributed by atoms with Crippen LogP contribution in [0.5, 0.6) is 0 Å². The molecule has 0 N–H and O–H groups in total. The molecule has 2 aromatic rings. The molecular formula is C26H44N2. The molecule has 1 aromatic carbocycles. The lowest BCUT2D eigenvalue weighted by Gasteiger charge is -2.09. The minimum atomic E-state index is 1.09. The normalized spacial score (nSPS) is 11.5. The Morgan fingerprint density at radius 1 is 0.643 bits per heavy atom. The van der Waals surface area contributed by atoms with E-state index in [1.807, 2.05) is 0 Å². The number of benzene rings is 1. The molecular weight excluding hydrogens is 340 g/mol. The van der Waals surface area contributed by atoms with Crippen molar-refractivity contribution in [3.63, 3.8) is 0 Å². The Bertz CT molecular complexity index is 628. The molecule has 2 nitrogen and oxygen atoms in total. The lowest BCUT2D eigenvalue weighted by atomic mass is 10.0. The van der Waals surface area contributed by atoms with Crippen LogP contribution in [0, 0.1) is 0 Å². The summed E-state index contributed by atoms with van der Waals surface area (Å²) in [5, 5.41) is 0. The summed E-state index contributed by atoms with van der Waals surface area (Å²) in [6.45, 7) is 5.67. The van der Waals surface area contributed by atoms with Crippen molar-refractivity contribution in [2.24, 2.45) is 0 Å². The van der Waals surface area contributed by atoms with E-state index >= 15 is 0 Å². The van der Waals surface area contributed by atoms with Gasteiger partial charge in [-0.1, -0.05) is 109 Å². The molecule has 1 aromatic heterocycles. The molecule has 0 radical (unpaired) electrons. The first-order valence-electron chi connectivity index (χ1n) is 12.3. The van der Waals surface area contributed by atoms with Crippen LogP contribution in [0.15, 0.2) is 24.3 Å². The Morgan fingerprint density at radius 3 is 1.75 bits per heavy atom. The second-order valence-corrected chi connectivity index (χ2v) is 8.51. The van der Waals surface area contributed by atoms with Gasteiger partial charge < -0.3 is 4.57 Å². The van der Waals surface area contributed by atoms with E-state index in [0.29, 0.717) is 0 Å². The van der Waals surface area contributed by atoms with Crippen molar-refractivity contribution in [1.82, 2.24) is 9.55 Å². The van der Waals surface area contributed by atoms with Gasteiger partial charge in [-0.25, -0.2) is 4.98 Å². The van der Waals surface area contributed by atoms with E-state index in [9.17, 15) is 0 Å². The zero-order valence-corrected chi connectivity index (χ0v) is 18.7. The molecule has 0 aliphatic carbocycles. The van der Waals surface area contributed by atoms with Gasteiger partial charge in [0.25, 0.3) is 0 Å². The zero-order chi connectivity index (χ0) is 19.9. The van der Waals surface area contributed by atoms with E-state index in [4.69, 9.17) is 4.98 Å². The van der Waals surface area contributed by atoms with E-state index in [2.05, 4.69) is 42.7 Å². The largest absolute Gasteiger partial charge is 0.328 e. The van der Waals surface area contributed by atoms with E-state index in [1.165, 1.54) is 108 Å². The number of unbranched alkanes of at least 4 members (excludes halogenated alkanes) is 13. The average molecular weight is 385 g/mol. The first kappa shape index (κ1) is 23.0. The number of fused-ring (bicyclic) bond motifs is 1. The maximum Gasteiger partial charge on any atom is 0.109 e. The molecule has 2 heteroatoms. The lowest BCUT2D eigenvalue weighted by Crippen LogP contribution is -2.04. The van der Waals surface area contributed by atoms with E-state index in [-0.39, 0.29) is 0 Å². The third-order valence-corrected chi connectivity index (χ3v) is 5.94. The van der Waals surface area contributed by atoms with Crippen LogP contribution < -0.4 is 0 Å². The van der Waals surface area contributed by atoms with Crippen molar-refractivity contribution in [2.75, 3.05) is 0 Å². The van der Waals surface area contributed by atoms with Gasteiger partial charge in [-0.3, -0.25) is 0 Å². The van der Waals surface area contributed by atoms with Crippen molar-refractivity contribution in [1.29, 1.82) is 0 Å². The van der Waals surface area contributed by atoms with Gasteiger partial charge in [0.1, 0.15) is 5.82 Å². The number of aromatic nitrogens is 2. The molecule has 0 bridgehead atoms. The molecule has 0 spiro atoms. The zero-order valence-electron chi connectivity index (χ0n) is 18.7. The fraction of sp³-hybridized carbons (Fsp3) is 0.731. The van der Waals surface area contributed by atoms with Crippen molar-refractivity contribution >= 4 is 11.0 Å². The molecule has 0 saturated carbocycles. The van der Waals surface area contributed by atoms with Crippen molar-refractivity contribution in [3.05, 3.63) is 30.1 Å². The van der Waals surface area contributed by atoms with Crippen molar-refractivity contribution in [2.45, 2.75) is 123 Å². The Balaban J connectivity index is 1.51. The summed E-state index contributed by atoms with van der Waals surface area (Å²) < 4.78 is 2.47. The number of rotatable bonds is 17. The molecule has 1 heterocycles. The number of nitrogens with zero attached hydrogens (tertiary/aromatic N) is 2. The first-order chi connectivity index (χ1) is 13.9. The van der Waals surface area contributed by atoms with Crippen LogP contribution in [0.3, 0.4) is 0 Å². The van der Waals surface area contributed by atoms with Crippen LogP contribution in [-0.2, 0) is 13.0 Å². The van der Waals surface area contributed by atoms with Gasteiger partial charge in [0, 0.05) is 13.0 Å². The summed E-state index contributed by atoms with van der Waals surface area (Å²) in [5.41, 5.74) is 2.48.